The van der Waals surface area contributed by atoms with Crippen LogP contribution in [0.2, 0.25) is 0 Å². The molecule has 1 amide bonds. The van der Waals surface area contributed by atoms with Crippen LogP contribution in [0.1, 0.15) is 39.4 Å². The molecule has 0 saturated carbocycles. The maximum Gasteiger partial charge on any atom is 0.254 e. The summed E-state index contributed by atoms with van der Waals surface area (Å²) in [5.74, 6) is 0.243. The van der Waals surface area contributed by atoms with E-state index in [2.05, 4.69) is 17.3 Å². The monoisotopic (exact) mass is 467 g/mol. The number of aryl methyl sites for hydroxylation is 4. The molecule has 0 N–H and O–H groups in total. The molecule has 33 heavy (non-hydrogen) atoms. The molecule has 0 unspecified atom stereocenters. The van der Waals surface area contributed by atoms with Crippen LogP contribution < -0.4 is 0 Å². The number of benzene rings is 2. The molecule has 2 aromatic carbocycles. The van der Waals surface area contributed by atoms with Gasteiger partial charge < -0.3 is 9.42 Å². The van der Waals surface area contributed by atoms with Gasteiger partial charge in [0, 0.05) is 31.7 Å². The summed E-state index contributed by atoms with van der Waals surface area (Å²) in [6.07, 6.45) is 2.20. The Morgan fingerprint density at radius 2 is 1.67 bits per heavy atom. The summed E-state index contributed by atoms with van der Waals surface area (Å²) in [6.45, 7) is 4.68. The number of sulfonamides is 1. The van der Waals surface area contributed by atoms with E-state index in [4.69, 9.17) is 4.52 Å². The first-order chi connectivity index (χ1) is 15.9. The Hall–Kier alpha value is -2.97. The highest BCUT2D eigenvalue weighted by Gasteiger charge is 2.33. The van der Waals surface area contributed by atoms with Gasteiger partial charge >= 0.3 is 0 Å². The summed E-state index contributed by atoms with van der Waals surface area (Å²) in [5.41, 5.74) is 3.29. The third-order valence-electron chi connectivity index (χ3n) is 6.08. The van der Waals surface area contributed by atoms with Crippen LogP contribution >= 0.6 is 0 Å². The van der Waals surface area contributed by atoms with Crippen molar-refractivity contribution in [1.29, 1.82) is 0 Å². The fraction of sp³-hybridized carbons (Fsp3) is 0.360. The van der Waals surface area contributed by atoms with Crippen LogP contribution in [0.3, 0.4) is 0 Å². The number of rotatable bonds is 6. The van der Waals surface area contributed by atoms with Crippen LogP contribution in [0.4, 0.5) is 0 Å². The highest BCUT2D eigenvalue weighted by atomic mass is 32.2. The highest BCUT2D eigenvalue weighted by molar-refractivity contribution is 7.89. The molecule has 174 valence electrons. The number of carbonyl (C=O) groups excluding carboxylic acids is 1. The predicted octanol–water partition coefficient (Wildman–Crippen LogP) is 3.61. The van der Waals surface area contributed by atoms with Gasteiger partial charge in [0.05, 0.1) is 0 Å². The number of hydrogen-bond acceptors (Lipinski definition) is 5. The van der Waals surface area contributed by atoms with Crippen LogP contribution in [-0.4, -0.2) is 54.9 Å². The Balaban J connectivity index is 1.47. The Morgan fingerprint density at radius 1 is 0.939 bits per heavy atom. The molecule has 8 heteroatoms. The van der Waals surface area contributed by atoms with E-state index in [0.29, 0.717) is 37.3 Å². The molecule has 0 bridgehead atoms. The van der Waals surface area contributed by atoms with Crippen molar-refractivity contribution in [3.8, 4) is 0 Å². The lowest BCUT2D eigenvalue weighted by Gasteiger charge is -2.23. The van der Waals surface area contributed by atoms with Gasteiger partial charge in [0.15, 0.2) is 5.76 Å². The summed E-state index contributed by atoms with van der Waals surface area (Å²) in [7, 11) is -3.73. The number of nitrogens with zero attached hydrogens (tertiary/aromatic N) is 3. The first kappa shape index (κ1) is 23.2. The molecular weight excluding hydrogens is 438 g/mol. The van der Waals surface area contributed by atoms with Crippen molar-refractivity contribution in [2.75, 3.05) is 26.2 Å². The largest absolute Gasteiger partial charge is 0.360 e. The summed E-state index contributed by atoms with van der Waals surface area (Å²) < 4.78 is 32.9. The van der Waals surface area contributed by atoms with Crippen molar-refractivity contribution < 1.29 is 17.7 Å². The van der Waals surface area contributed by atoms with Crippen molar-refractivity contribution in [3.05, 3.63) is 82.7 Å². The number of aromatic nitrogens is 1. The summed E-state index contributed by atoms with van der Waals surface area (Å²) in [4.78, 5) is 15.3. The minimum Gasteiger partial charge on any atom is -0.360 e. The predicted molar refractivity (Wildman–Crippen MR) is 126 cm³/mol. The van der Waals surface area contributed by atoms with Gasteiger partial charge in [-0.2, -0.15) is 4.31 Å². The van der Waals surface area contributed by atoms with E-state index in [-0.39, 0.29) is 23.1 Å². The van der Waals surface area contributed by atoms with Gasteiger partial charge in [-0.1, -0.05) is 53.7 Å². The van der Waals surface area contributed by atoms with E-state index in [0.717, 1.165) is 18.4 Å². The van der Waals surface area contributed by atoms with Crippen LogP contribution in [-0.2, 0) is 22.9 Å². The van der Waals surface area contributed by atoms with Crippen LogP contribution in [0, 0.1) is 13.8 Å². The minimum absolute atomic E-state index is 0.0461. The molecule has 1 fully saturated rings. The molecule has 3 aromatic rings. The second kappa shape index (κ2) is 9.89. The SMILES string of the molecule is Cc1noc(C)c1S(=O)(=O)N1CCCN(C(=O)c2ccccc2CCc2ccccc2)CC1. The first-order valence-corrected chi connectivity index (χ1v) is 12.7. The van der Waals surface area contributed by atoms with Crippen LogP contribution in [0.5, 0.6) is 0 Å². The van der Waals surface area contributed by atoms with Crippen molar-refractivity contribution in [1.82, 2.24) is 14.4 Å². The molecular formula is C25H29N3O4S. The van der Waals surface area contributed by atoms with E-state index in [1.165, 1.54) is 9.87 Å². The smallest absolute Gasteiger partial charge is 0.254 e. The Kier molecular flexibility index (Phi) is 6.95. The molecule has 7 nitrogen and oxygen atoms in total. The zero-order valence-corrected chi connectivity index (χ0v) is 19.8. The molecule has 0 atom stereocenters. The van der Waals surface area contributed by atoms with Gasteiger partial charge in [0.25, 0.3) is 5.91 Å². The number of carbonyl (C=O) groups is 1. The van der Waals surface area contributed by atoms with E-state index in [9.17, 15) is 13.2 Å². The molecule has 0 aliphatic carbocycles. The van der Waals surface area contributed by atoms with E-state index in [1.54, 1.807) is 18.7 Å². The number of hydrogen-bond donors (Lipinski definition) is 0. The lowest BCUT2D eigenvalue weighted by atomic mass is 9.99. The average molecular weight is 468 g/mol. The number of amides is 1. The standard InChI is InChI=1S/C25H29N3O4S/c1-19-24(20(2)32-26-19)33(30,31)28-16-8-15-27(17-18-28)25(29)23-12-7-6-11-22(23)14-13-21-9-4-3-5-10-21/h3-7,9-12H,8,13-18H2,1-2H3. The molecule has 0 spiro atoms. The second-order valence-electron chi connectivity index (χ2n) is 8.35. The lowest BCUT2D eigenvalue weighted by molar-refractivity contribution is 0.0763. The Morgan fingerprint density at radius 3 is 2.39 bits per heavy atom. The molecule has 1 aromatic heterocycles. The summed E-state index contributed by atoms with van der Waals surface area (Å²) in [5, 5.41) is 3.79. The van der Waals surface area contributed by atoms with Crippen molar-refractivity contribution >= 4 is 15.9 Å². The van der Waals surface area contributed by atoms with Gasteiger partial charge in [-0.05, 0) is 50.3 Å². The fourth-order valence-electron chi connectivity index (χ4n) is 4.35. The molecule has 2 heterocycles. The van der Waals surface area contributed by atoms with Gasteiger partial charge in [-0.25, -0.2) is 8.42 Å². The van der Waals surface area contributed by atoms with Gasteiger partial charge in [0.1, 0.15) is 10.6 Å². The normalized spacial score (nSPS) is 15.4. The lowest BCUT2D eigenvalue weighted by Crippen LogP contribution is -2.37. The summed E-state index contributed by atoms with van der Waals surface area (Å²) >= 11 is 0. The van der Waals surface area contributed by atoms with Gasteiger partial charge in [-0.3, -0.25) is 4.79 Å². The van der Waals surface area contributed by atoms with E-state index < -0.39 is 10.0 Å². The Labute approximate surface area is 195 Å². The van der Waals surface area contributed by atoms with Gasteiger partial charge in [0.2, 0.25) is 10.0 Å². The minimum atomic E-state index is -3.73. The van der Waals surface area contributed by atoms with Crippen molar-refractivity contribution in [3.63, 3.8) is 0 Å². The maximum atomic E-state index is 13.4. The van der Waals surface area contributed by atoms with Crippen LogP contribution in [0.25, 0.3) is 0 Å². The zero-order chi connectivity index (χ0) is 23.4. The zero-order valence-electron chi connectivity index (χ0n) is 19.0. The molecule has 0 radical (unpaired) electrons. The third-order valence-corrected chi connectivity index (χ3v) is 8.23. The average Bonchev–Trinajstić information content (AvgIpc) is 3.01. The van der Waals surface area contributed by atoms with Gasteiger partial charge in [-0.15, -0.1) is 0 Å². The van der Waals surface area contributed by atoms with E-state index in [1.807, 2.05) is 42.5 Å². The topological polar surface area (TPSA) is 83.7 Å². The highest BCUT2D eigenvalue weighted by Crippen LogP contribution is 2.25. The fourth-order valence-corrected chi connectivity index (χ4v) is 6.11. The quantitative estimate of drug-likeness (QED) is 0.553. The molecule has 4 rings (SSSR count). The molecule has 1 aliphatic rings. The first-order valence-electron chi connectivity index (χ1n) is 11.2. The van der Waals surface area contributed by atoms with Crippen molar-refractivity contribution in [2.24, 2.45) is 0 Å². The second-order valence-corrected chi connectivity index (χ2v) is 10.2. The van der Waals surface area contributed by atoms with Crippen LogP contribution in [0.15, 0.2) is 64.0 Å². The summed E-state index contributed by atoms with van der Waals surface area (Å²) in [6, 6.07) is 17.9. The third kappa shape index (κ3) is 5.02. The molecule has 1 aliphatic heterocycles. The Bertz CT molecular complexity index is 1200. The van der Waals surface area contributed by atoms with Crippen molar-refractivity contribution in [2.45, 2.75) is 38.0 Å². The molecule has 1 saturated heterocycles. The van der Waals surface area contributed by atoms with E-state index >= 15 is 0 Å². The maximum absolute atomic E-state index is 13.4.